The van der Waals surface area contributed by atoms with Gasteiger partial charge in [-0.1, -0.05) is 6.07 Å². The maximum atomic E-state index is 5.85. The van der Waals surface area contributed by atoms with Crippen LogP contribution >= 0.6 is 15.9 Å². The summed E-state index contributed by atoms with van der Waals surface area (Å²) in [6.45, 7) is 8.17. The van der Waals surface area contributed by atoms with Crippen LogP contribution in [0.1, 0.15) is 26.3 Å². The Bertz CT molecular complexity index is 426. The first-order chi connectivity index (χ1) is 8.95. The fraction of sp³-hybridized carbons (Fsp3) is 0.600. The zero-order valence-electron chi connectivity index (χ0n) is 11.9. The minimum absolute atomic E-state index is 0.196. The molecule has 1 fully saturated rings. The van der Waals surface area contributed by atoms with Gasteiger partial charge in [-0.05, 0) is 60.8 Å². The lowest BCUT2D eigenvalue weighted by Crippen LogP contribution is -2.45. The second kappa shape index (κ2) is 6.25. The van der Waals surface area contributed by atoms with E-state index >= 15 is 0 Å². The number of morpholine rings is 1. The number of nitrogens with zero attached hydrogens (tertiary/aromatic N) is 1. The molecule has 1 unspecified atom stereocenters. The molecule has 106 valence electrons. The van der Waals surface area contributed by atoms with E-state index in [0.29, 0.717) is 0 Å². The highest BCUT2D eigenvalue weighted by Gasteiger charge is 2.23. The van der Waals surface area contributed by atoms with Crippen LogP contribution in [0.5, 0.6) is 0 Å². The van der Waals surface area contributed by atoms with Crippen LogP contribution in [0.25, 0.3) is 0 Å². The number of halogens is 1. The maximum Gasteiger partial charge on any atom is 0.0726 e. The summed E-state index contributed by atoms with van der Waals surface area (Å²) >= 11 is 3.69. The molecule has 1 heterocycles. The van der Waals surface area contributed by atoms with E-state index in [-0.39, 0.29) is 18.2 Å². The van der Waals surface area contributed by atoms with Crippen molar-refractivity contribution in [1.29, 1.82) is 0 Å². The number of hydrogen-bond acceptors (Lipinski definition) is 3. The molecule has 0 saturated carbocycles. The van der Waals surface area contributed by atoms with Crippen LogP contribution < -0.4 is 10.6 Å². The first-order valence-corrected chi connectivity index (χ1v) is 7.69. The van der Waals surface area contributed by atoms with Crippen LogP contribution in [-0.4, -0.2) is 31.3 Å². The standard InChI is InChI=1S/C15H23BrN2O/c1-10(17)6-13-4-5-15(14(16)7-13)18-8-11(2)19-12(3)9-18/h4-5,7,10-12H,6,8-9,17H2,1-3H3/t10?,11-,12+. The molecule has 4 heteroatoms. The number of benzene rings is 1. The molecular weight excluding hydrogens is 304 g/mol. The molecule has 1 aromatic carbocycles. The summed E-state index contributed by atoms with van der Waals surface area (Å²) < 4.78 is 6.93. The summed E-state index contributed by atoms with van der Waals surface area (Å²) in [5, 5.41) is 0. The molecule has 3 atom stereocenters. The molecule has 0 aliphatic carbocycles. The first-order valence-electron chi connectivity index (χ1n) is 6.90. The first kappa shape index (κ1) is 14.8. The minimum atomic E-state index is 0.196. The quantitative estimate of drug-likeness (QED) is 0.928. The van der Waals surface area contributed by atoms with Crippen molar-refractivity contribution in [3.8, 4) is 0 Å². The summed E-state index contributed by atoms with van der Waals surface area (Å²) in [7, 11) is 0. The van der Waals surface area contributed by atoms with E-state index in [1.165, 1.54) is 11.3 Å². The predicted octanol–water partition coefficient (Wildman–Crippen LogP) is 2.95. The van der Waals surface area contributed by atoms with Gasteiger partial charge >= 0.3 is 0 Å². The van der Waals surface area contributed by atoms with E-state index in [1.807, 2.05) is 6.92 Å². The third-order valence-electron chi connectivity index (χ3n) is 3.33. The van der Waals surface area contributed by atoms with Crippen LogP contribution in [0.2, 0.25) is 0 Å². The Balaban J connectivity index is 2.16. The number of rotatable bonds is 3. The Kier molecular flexibility index (Phi) is 4.87. The Morgan fingerprint density at radius 1 is 1.37 bits per heavy atom. The third kappa shape index (κ3) is 3.94. The van der Waals surface area contributed by atoms with E-state index < -0.39 is 0 Å². The number of anilines is 1. The summed E-state index contributed by atoms with van der Waals surface area (Å²) in [4.78, 5) is 2.39. The molecule has 0 aromatic heterocycles. The van der Waals surface area contributed by atoms with E-state index in [4.69, 9.17) is 10.5 Å². The Morgan fingerprint density at radius 3 is 2.53 bits per heavy atom. The summed E-state index contributed by atoms with van der Waals surface area (Å²) in [6.07, 6.45) is 1.47. The Hall–Kier alpha value is -0.580. The monoisotopic (exact) mass is 326 g/mol. The summed E-state index contributed by atoms with van der Waals surface area (Å²) in [5.74, 6) is 0. The van der Waals surface area contributed by atoms with Crippen molar-refractivity contribution >= 4 is 21.6 Å². The number of ether oxygens (including phenoxy) is 1. The van der Waals surface area contributed by atoms with Crippen molar-refractivity contribution in [2.75, 3.05) is 18.0 Å². The van der Waals surface area contributed by atoms with Gasteiger partial charge in [0.1, 0.15) is 0 Å². The third-order valence-corrected chi connectivity index (χ3v) is 3.97. The predicted molar refractivity (Wildman–Crippen MR) is 83.7 cm³/mol. The van der Waals surface area contributed by atoms with Gasteiger partial charge < -0.3 is 15.4 Å². The molecule has 1 aliphatic heterocycles. The van der Waals surface area contributed by atoms with Gasteiger partial charge in [-0.2, -0.15) is 0 Å². The van der Waals surface area contributed by atoms with Crippen molar-refractivity contribution in [3.05, 3.63) is 28.2 Å². The molecule has 2 N–H and O–H groups in total. The highest BCUT2D eigenvalue weighted by molar-refractivity contribution is 9.10. The van der Waals surface area contributed by atoms with Crippen molar-refractivity contribution < 1.29 is 4.74 Å². The van der Waals surface area contributed by atoms with E-state index in [2.05, 4.69) is 52.9 Å². The molecule has 1 saturated heterocycles. The molecule has 1 aromatic rings. The average molecular weight is 327 g/mol. The Morgan fingerprint density at radius 2 is 2.00 bits per heavy atom. The van der Waals surface area contributed by atoms with E-state index in [0.717, 1.165) is 24.0 Å². The second-order valence-electron chi connectivity index (χ2n) is 5.63. The van der Waals surface area contributed by atoms with Gasteiger partial charge in [-0.3, -0.25) is 0 Å². The van der Waals surface area contributed by atoms with Gasteiger partial charge in [0.05, 0.1) is 17.9 Å². The van der Waals surface area contributed by atoms with Crippen LogP contribution in [-0.2, 0) is 11.2 Å². The maximum absolute atomic E-state index is 5.85. The largest absolute Gasteiger partial charge is 0.372 e. The minimum Gasteiger partial charge on any atom is -0.372 e. The molecule has 0 radical (unpaired) electrons. The number of hydrogen-bond donors (Lipinski definition) is 1. The molecule has 19 heavy (non-hydrogen) atoms. The zero-order valence-corrected chi connectivity index (χ0v) is 13.5. The van der Waals surface area contributed by atoms with Crippen LogP contribution in [0.3, 0.4) is 0 Å². The topological polar surface area (TPSA) is 38.5 Å². The lowest BCUT2D eigenvalue weighted by atomic mass is 10.1. The molecule has 3 nitrogen and oxygen atoms in total. The fourth-order valence-corrected chi connectivity index (χ4v) is 3.36. The summed E-state index contributed by atoms with van der Waals surface area (Å²) in [6, 6.07) is 6.74. The second-order valence-corrected chi connectivity index (χ2v) is 6.48. The van der Waals surface area contributed by atoms with Crippen LogP contribution in [0.4, 0.5) is 5.69 Å². The van der Waals surface area contributed by atoms with E-state index in [1.54, 1.807) is 0 Å². The van der Waals surface area contributed by atoms with Crippen molar-refractivity contribution in [2.24, 2.45) is 5.73 Å². The van der Waals surface area contributed by atoms with Gasteiger partial charge in [-0.25, -0.2) is 0 Å². The molecule has 0 spiro atoms. The van der Waals surface area contributed by atoms with Crippen molar-refractivity contribution in [1.82, 2.24) is 0 Å². The highest BCUT2D eigenvalue weighted by atomic mass is 79.9. The van der Waals surface area contributed by atoms with Gasteiger partial charge in [0, 0.05) is 23.6 Å². The normalized spacial score (nSPS) is 25.4. The zero-order chi connectivity index (χ0) is 14.0. The lowest BCUT2D eigenvalue weighted by molar-refractivity contribution is -0.00525. The van der Waals surface area contributed by atoms with Gasteiger partial charge in [0.15, 0.2) is 0 Å². The number of nitrogens with two attached hydrogens (primary N) is 1. The van der Waals surface area contributed by atoms with Crippen molar-refractivity contribution in [2.45, 2.75) is 45.4 Å². The fourth-order valence-electron chi connectivity index (χ4n) is 2.68. The average Bonchev–Trinajstić information content (AvgIpc) is 2.26. The molecule has 0 bridgehead atoms. The smallest absolute Gasteiger partial charge is 0.0726 e. The van der Waals surface area contributed by atoms with Gasteiger partial charge in [0.25, 0.3) is 0 Å². The van der Waals surface area contributed by atoms with Crippen LogP contribution in [0, 0.1) is 0 Å². The van der Waals surface area contributed by atoms with Gasteiger partial charge in [-0.15, -0.1) is 0 Å². The van der Waals surface area contributed by atoms with E-state index in [9.17, 15) is 0 Å². The van der Waals surface area contributed by atoms with Crippen LogP contribution in [0.15, 0.2) is 22.7 Å². The van der Waals surface area contributed by atoms with Gasteiger partial charge in [0.2, 0.25) is 0 Å². The SMILES string of the molecule is CC(N)Cc1ccc(N2C[C@@H](C)O[C@@H](C)C2)c(Br)c1. The summed E-state index contributed by atoms with van der Waals surface area (Å²) in [5.41, 5.74) is 8.37. The lowest BCUT2D eigenvalue weighted by Gasteiger charge is -2.37. The van der Waals surface area contributed by atoms with Crippen molar-refractivity contribution in [3.63, 3.8) is 0 Å². The molecule has 1 aliphatic rings. The molecule has 2 rings (SSSR count). The highest BCUT2D eigenvalue weighted by Crippen LogP contribution is 2.30. The molecule has 0 amide bonds. The molecular formula is C15H23BrN2O. The Labute approximate surface area is 124 Å².